The second kappa shape index (κ2) is 8.27. The maximum atomic E-state index is 12.3. The third-order valence-corrected chi connectivity index (χ3v) is 3.94. The molecule has 7 heteroatoms. The van der Waals surface area contributed by atoms with Gasteiger partial charge in [-0.2, -0.15) is 5.10 Å². The van der Waals surface area contributed by atoms with Crippen molar-refractivity contribution in [1.29, 1.82) is 0 Å². The Hall–Kier alpha value is -3.48. The molecule has 0 saturated heterocycles. The zero-order chi connectivity index (χ0) is 19.2. The highest BCUT2D eigenvalue weighted by atomic mass is 16.5. The first-order valence-corrected chi connectivity index (χ1v) is 8.45. The fraction of sp³-hybridized carbons (Fsp3) is 0.200. The summed E-state index contributed by atoms with van der Waals surface area (Å²) in [7, 11) is 3.13. The molecule has 1 amide bonds. The fourth-order valence-corrected chi connectivity index (χ4v) is 2.62. The molecule has 3 aromatic rings. The van der Waals surface area contributed by atoms with Crippen LogP contribution >= 0.6 is 0 Å². The molecule has 0 fully saturated rings. The van der Waals surface area contributed by atoms with E-state index in [1.165, 1.54) is 0 Å². The smallest absolute Gasteiger partial charge is 0.287 e. The summed E-state index contributed by atoms with van der Waals surface area (Å²) in [6.07, 6.45) is 1.57. The third kappa shape index (κ3) is 4.20. The number of benzene rings is 2. The summed E-state index contributed by atoms with van der Waals surface area (Å²) in [5, 5.41) is 4.84. The van der Waals surface area contributed by atoms with E-state index in [9.17, 15) is 4.79 Å². The topological polar surface area (TPSA) is 84.9 Å². The van der Waals surface area contributed by atoms with Crippen molar-refractivity contribution in [3.63, 3.8) is 0 Å². The van der Waals surface area contributed by atoms with E-state index in [0.29, 0.717) is 23.8 Å². The van der Waals surface area contributed by atoms with Gasteiger partial charge in [0.05, 0.1) is 27.0 Å². The zero-order valence-electron chi connectivity index (χ0n) is 15.4. The van der Waals surface area contributed by atoms with Crippen LogP contribution in [0.2, 0.25) is 0 Å². The maximum absolute atomic E-state index is 12.3. The summed E-state index contributed by atoms with van der Waals surface area (Å²) in [6, 6.07) is 12.8. The van der Waals surface area contributed by atoms with Crippen molar-refractivity contribution in [3.05, 3.63) is 53.7 Å². The number of fused-ring (bicyclic) bond motifs is 1. The number of nitrogens with one attached hydrogen (secondary N) is 2. The minimum atomic E-state index is -0.341. The lowest BCUT2D eigenvalue weighted by Crippen LogP contribution is -2.17. The number of H-pyrrole nitrogens is 1. The van der Waals surface area contributed by atoms with Crippen LogP contribution in [0, 0.1) is 0 Å². The predicted octanol–water partition coefficient (Wildman–Crippen LogP) is 3.35. The van der Waals surface area contributed by atoms with Crippen LogP contribution in [-0.4, -0.2) is 37.9 Å². The van der Waals surface area contributed by atoms with Crippen LogP contribution in [0.25, 0.3) is 10.9 Å². The Kier molecular flexibility index (Phi) is 5.61. The number of rotatable bonds is 7. The minimum Gasteiger partial charge on any atom is -0.494 e. The van der Waals surface area contributed by atoms with Crippen molar-refractivity contribution in [1.82, 2.24) is 10.4 Å². The Morgan fingerprint density at radius 2 is 1.81 bits per heavy atom. The van der Waals surface area contributed by atoms with Gasteiger partial charge in [0, 0.05) is 17.0 Å². The van der Waals surface area contributed by atoms with E-state index in [4.69, 9.17) is 14.2 Å². The minimum absolute atomic E-state index is 0.341. The van der Waals surface area contributed by atoms with Crippen molar-refractivity contribution in [2.24, 2.45) is 5.10 Å². The van der Waals surface area contributed by atoms with Crippen molar-refractivity contribution in [3.8, 4) is 17.2 Å². The molecule has 3 rings (SSSR count). The lowest BCUT2D eigenvalue weighted by atomic mass is 10.2. The van der Waals surface area contributed by atoms with E-state index in [1.807, 2.05) is 37.3 Å². The molecule has 27 heavy (non-hydrogen) atoms. The Balaban J connectivity index is 1.70. The van der Waals surface area contributed by atoms with Gasteiger partial charge in [-0.15, -0.1) is 0 Å². The summed E-state index contributed by atoms with van der Waals surface area (Å²) in [6.45, 7) is 2.55. The SMILES string of the molecule is CCOc1ccc(C=NNC(=O)c2cc3cc(OC)c(OC)cc3[nH]2)cc1. The Labute approximate surface area is 156 Å². The number of carbonyl (C=O) groups is 1. The van der Waals surface area contributed by atoms with Gasteiger partial charge in [0.15, 0.2) is 11.5 Å². The van der Waals surface area contributed by atoms with Crippen molar-refractivity contribution >= 4 is 23.0 Å². The molecule has 140 valence electrons. The zero-order valence-corrected chi connectivity index (χ0v) is 15.4. The van der Waals surface area contributed by atoms with Crippen molar-refractivity contribution in [2.75, 3.05) is 20.8 Å². The quantitative estimate of drug-likeness (QED) is 0.495. The lowest BCUT2D eigenvalue weighted by Gasteiger charge is -2.06. The van der Waals surface area contributed by atoms with E-state index >= 15 is 0 Å². The van der Waals surface area contributed by atoms with Gasteiger partial charge in [0.1, 0.15) is 11.4 Å². The first-order valence-electron chi connectivity index (χ1n) is 8.45. The van der Waals surface area contributed by atoms with Crippen molar-refractivity contribution < 1.29 is 19.0 Å². The van der Waals surface area contributed by atoms with Crippen LogP contribution in [0.15, 0.2) is 47.6 Å². The van der Waals surface area contributed by atoms with E-state index in [0.717, 1.165) is 22.2 Å². The van der Waals surface area contributed by atoms with Gasteiger partial charge in [-0.05, 0) is 48.9 Å². The van der Waals surface area contributed by atoms with Crippen LogP contribution in [0.1, 0.15) is 23.0 Å². The summed E-state index contributed by atoms with van der Waals surface area (Å²) < 4.78 is 15.9. The standard InChI is InChI=1S/C20H21N3O4/c1-4-27-15-7-5-13(6-8-15)12-21-23-20(24)17-9-14-10-18(25-2)19(26-3)11-16(14)22-17/h5-12,22H,4H2,1-3H3,(H,23,24). The number of hydrogen-bond donors (Lipinski definition) is 2. The van der Waals surface area contributed by atoms with Crippen LogP contribution in [-0.2, 0) is 0 Å². The average Bonchev–Trinajstić information content (AvgIpc) is 3.11. The molecule has 1 aromatic heterocycles. The van der Waals surface area contributed by atoms with Crippen LogP contribution in [0.5, 0.6) is 17.2 Å². The van der Waals surface area contributed by atoms with E-state index < -0.39 is 0 Å². The van der Waals surface area contributed by atoms with Crippen LogP contribution < -0.4 is 19.6 Å². The second-order valence-corrected chi connectivity index (χ2v) is 5.68. The summed E-state index contributed by atoms with van der Waals surface area (Å²) >= 11 is 0. The molecule has 0 aliphatic rings. The van der Waals surface area contributed by atoms with E-state index in [1.54, 1.807) is 32.6 Å². The molecule has 0 aliphatic heterocycles. The third-order valence-electron chi connectivity index (χ3n) is 3.94. The van der Waals surface area contributed by atoms with Gasteiger partial charge in [-0.1, -0.05) is 0 Å². The lowest BCUT2D eigenvalue weighted by molar-refractivity contribution is 0.0951. The number of aromatic nitrogens is 1. The highest BCUT2D eigenvalue weighted by Gasteiger charge is 2.12. The number of hydrogen-bond acceptors (Lipinski definition) is 5. The number of carbonyl (C=O) groups excluding carboxylic acids is 1. The number of methoxy groups -OCH3 is 2. The average molecular weight is 367 g/mol. The van der Waals surface area contributed by atoms with Gasteiger partial charge in [0.25, 0.3) is 5.91 Å². The van der Waals surface area contributed by atoms with E-state index in [2.05, 4.69) is 15.5 Å². The van der Waals surface area contributed by atoms with Crippen LogP contribution in [0.3, 0.4) is 0 Å². The Morgan fingerprint density at radius 3 is 2.48 bits per heavy atom. The monoisotopic (exact) mass is 367 g/mol. The van der Waals surface area contributed by atoms with E-state index in [-0.39, 0.29) is 5.91 Å². The van der Waals surface area contributed by atoms with Gasteiger partial charge < -0.3 is 19.2 Å². The predicted molar refractivity (Wildman–Crippen MR) is 104 cm³/mol. The number of hydrazone groups is 1. The summed E-state index contributed by atoms with van der Waals surface area (Å²) in [5.74, 6) is 1.64. The van der Waals surface area contributed by atoms with Crippen LogP contribution in [0.4, 0.5) is 0 Å². The first-order chi connectivity index (χ1) is 13.1. The van der Waals surface area contributed by atoms with Gasteiger partial charge in [-0.25, -0.2) is 5.43 Å². The van der Waals surface area contributed by atoms with Gasteiger partial charge in [0.2, 0.25) is 0 Å². The Bertz CT molecular complexity index is 920. The normalized spacial score (nSPS) is 10.9. The van der Waals surface area contributed by atoms with Gasteiger partial charge >= 0.3 is 0 Å². The molecular weight excluding hydrogens is 346 g/mol. The molecule has 0 spiro atoms. The van der Waals surface area contributed by atoms with Gasteiger partial charge in [-0.3, -0.25) is 4.79 Å². The molecule has 7 nitrogen and oxygen atoms in total. The molecule has 0 saturated carbocycles. The molecule has 2 N–H and O–H groups in total. The molecule has 0 aliphatic carbocycles. The number of ether oxygens (including phenoxy) is 3. The van der Waals surface area contributed by atoms with Crippen molar-refractivity contribution in [2.45, 2.75) is 6.92 Å². The molecule has 2 aromatic carbocycles. The summed E-state index contributed by atoms with van der Waals surface area (Å²) in [5.41, 5.74) is 4.53. The molecule has 0 bridgehead atoms. The molecule has 0 atom stereocenters. The molecular formula is C20H21N3O4. The largest absolute Gasteiger partial charge is 0.494 e. The highest BCUT2D eigenvalue weighted by molar-refractivity contribution is 5.99. The first kappa shape index (κ1) is 18.3. The highest BCUT2D eigenvalue weighted by Crippen LogP contribution is 2.32. The maximum Gasteiger partial charge on any atom is 0.287 e. The summed E-state index contributed by atoms with van der Waals surface area (Å²) in [4.78, 5) is 15.4. The number of aromatic amines is 1. The second-order valence-electron chi connectivity index (χ2n) is 5.68. The molecule has 1 heterocycles. The Morgan fingerprint density at radius 1 is 1.11 bits per heavy atom. The number of nitrogens with zero attached hydrogens (tertiary/aromatic N) is 1. The number of amides is 1. The molecule has 0 radical (unpaired) electrons. The molecule has 0 unspecified atom stereocenters. The fourth-order valence-electron chi connectivity index (χ4n) is 2.62.